The summed E-state index contributed by atoms with van der Waals surface area (Å²) in [7, 11) is 0. The van der Waals surface area contributed by atoms with Crippen molar-refractivity contribution in [3.63, 3.8) is 0 Å². The third-order valence-corrected chi connectivity index (χ3v) is 11.0. The van der Waals surface area contributed by atoms with E-state index in [1.807, 2.05) is 12.2 Å². The summed E-state index contributed by atoms with van der Waals surface area (Å²) in [5, 5.41) is 0. The summed E-state index contributed by atoms with van der Waals surface area (Å²) in [6.45, 7) is 6.25. The predicted molar refractivity (Wildman–Crippen MR) is 306 cm³/mol. The SMILES string of the molecule is CC/C=C\C/C=C\C/C=C\C/C=C\C/C=C\C/C=C\CCC(=O)OC[C@H](COC(=O)CCC/C=C\C/C=C\C/C=C\CCCCCCCC)OC(=O)CCCCCC/C=C\C/C=C\C/C=C\C/C=C\CC. The Hall–Kier alpha value is -4.97. The summed E-state index contributed by atoms with van der Waals surface area (Å²) in [6, 6.07) is 0. The normalized spacial score (nSPS) is 13.3. The van der Waals surface area contributed by atoms with Crippen LogP contribution in [0.5, 0.6) is 0 Å². The lowest BCUT2D eigenvalue weighted by Crippen LogP contribution is -2.30. The van der Waals surface area contributed by atoms with Gasteiger partial charge in [0, 0.05) is 19.3 Å². The van der Waals surface area contributed by atoms with Crippen LogP contribution in [0.1, 0.15) is 213 Å². The van der Waals surface area contributed by atoms with E-state index in [1.54, 1.807) is 0 Å². The number of ether oxygens (including phenoxy) is 3. The summed E-state index contributed by atoms with van der Waals surface area (Å²) in [4.78, 5) is 38.1. The van der Waals surface area contributed by atoms with E-state index in [-0.39, 0.29) is 50.4 Å². The van der Waals surface area contributed by atoms with Crippen LogP contribution in [-0.2, 0) is 28.6 Å². The average molecular weight is 978 g/mol. The third-order valence-electron chi connectivity index (χ3n) is 11.0. The number of carbonyl (C=O) groups excluding carboxylic acids is 3. The Balaban J connectivity index is 4.65. The molecule has 0 aliphatic rings. The summed E-state index contributed by atoms with van der Waals surface area (Å²) in [5.41, 5.74) is 0. The van der Waals surface area contributed by atoms with Crippen molar-refractivity contribution < 1.29 is 28.6 Å². The Labute approximate surface area is 435 Å². The van der Waals surface area contributed by atoms with Gasteiger partial charge < -0.3 is 14.2 Å². The molecular formula is C65H100O6. The Morgan fingerprint density at radius 2 is 0.592 bits per heavy atom. The fourth-order valence-electron chi connectivity index (χ4n) is 6.89. The van der Waals surface area contributed by atoms with E-state index in [0.29, 0.717) is 19.3 Å². The van der Waals surface area contributed by atoms with Crippen molar-refractivity contribution in [2.75, 3.05) is 13.2 Å². The molecule has 0 aliphatic carbocycles. The molecule has 0 fully saturated rings. The molecule has 0 heterocycles. The molecule has 0 rings (SSSR count). The van der Waals surface area contributed by atoms with Gasteiger partial charge in [-0.25, -0.2) is 0 Å². The van der Waals surface area contributed by atoms with Gasteiger partial charge in [0.25, 0.3) is 0 Å². The quantitative estimate of drug-likeness (QED) is 0.0262. The number of rotatable bonds is 48. The molecular weight excluding hydrogens is 877 g/mol. The largest absolute Gasteiger partial charge is 0.462 e. The molecule has 0 radical (unpaired) electrons. The fraction of sp³-hybridized carbons (Fsp3) is 0.554. The first-order valence-electron chi connectivity index (χ1n) is 28.0. The highest BCUT2D eigenvalue weighted by atomic mass is 16.6. The van der Waals surface area contributed by atoms with Crippen molar-refractivity contribution in [1.82, 2.24) is 0 Å². The minimum atomic E-state index is -0.850. The molecule has 0 spiro atoms. The van der Waals surface area contributed by atoms with Crippen LogP contribution in [0.15, 0.2) is 158 Å². The minimum Gasteiger partial charge on any atom is -0.462 e. The number of hydrogen-bond donors (Lipinski definition) is 0. The van der Waals surface area contributed by atoms with Crippen LogP contribution in [0.25, 0.3) is 0 Å². The molecule has 0 aliphatic heterocycles. The lowest BCUT2D eigenvalue weighted by molar-refractivity contribution is -0.166. The Kier molecular flexibility index (Phi) is 53.6. The van der Waals surface area contributed by atoms with Crippen molar-refractivity contribution in [1.29, 1.82) is 0 Å². The second-order valence-electron chi connectivity index (χ2n) is 17.7. The lowest BCUT2D eigenvalue weighted by Gasteiger charge is -2.18. The highest BCUT2D eigenvalue weighted by Gasteiger charge is 2.19. The van der Waals surface area contributed by atoms with Crippen LogP contribution in [0.2, 0.25) is 0 Å². The Bertz CT molecular complexity index is 1640. The van der Waals surface area contributed by atoms with Gasteiger partial charge in [-0.05, 0) is 128 Å². The van der Waals surface area contributed by atoms with E-state index in [0.717, 1.165) is 109 Å². The van der Waals surface area contributed by atoms with Gasteiger partial charge in [-0.1, -0.05) is 224 Å². The van der Waals surface area contributed by atoms with Crippen molar-refractivity contribution in [2.45, 2.75) is 219 Å². The van der Waals surface area contributed by atoms with Crippen LogP contribution in [0.4, 0.5) is 0 Å². The molecule has 0 saturated carbocycles. The summed E-state index contributed by atoms with van der Waals surface area (Å²) in [5.74, 6) is -1.11. The van der Waals surface area contributed by atoms with Crippen molar-refractivity contribution in [3.8, 4) is 0 Å². The number of esters is 3. The van der Waals surface area contributed by atoms with E-state index in [4.69, 9.17) is 14.2 Å². The van der Waals surface area contributed by atoms with Crippen LogP contribution in [0.3, 0.4) is 0 Å². The summed E-state index contributed by atoms with van der Waals surface area (Å²) < 4.78 is 16.7. The molecule has 71 heavy (non-hydrogen) atoms. The van der Waals surface area contributed by atoms with Crippen molar-refractivity contribution in [3.05, 3.63) is 158 Å². The lowest BCUT2D eigenvalue weighted by atomic mass is 10.1. The van der Waals surface area contributed by atoms with Gasteiger partial charge in [0.05, 0.1) is 0 Å². The number of allylic oxidation sites excluding steroid dienone is 26. The van der Waals surface area contributed by atoms with E-state index >= 15 is 0 Å². The highest BCUT2D eigenvalue weighted by Crippen LogP contribution is 2.11. The van der Waals surface area contributed by atoms with Crippen LogP contribution in [-0.4, -0.2) is 37.2 Å². The van der Waals surface area contributed by atoms with Gasteiger partial charge in [-0.15, -0.1) is 0 Å². The maximum atomic E-state index is 12.8. The second-order valence-corrected chi connectivity index (χ2v) is 17.7. The maximum absolute atomic E-state index is 12.8. The summed E-state index contributed by atoms with van der Waals surface area (Å²) in [6.07, 6.45) is 83.9. The van der Waals surface area contributed by atoms with Crippen molar-refractivity contribution >= 4 is 17.9 Å². The Morgan fingerprint density at radius 1 is 0.296 bits per heavy atom. The zero-order valence-corrected chi connectivity index (χ0v) is 45.2. The first-order chi connectivity index (χ1) is 35.0. The minimum absolute atomic E-state index is 0.145. The zero-order valence-electron chi connectivity index (χ0n) is 45.2. The molecule has 0 saturated heterocycles. The van der Waals surface area contributed by atoms with Gasteiger partial charge in [0.2, 0.25) is 0 Å². The van der Waals surface area contributed by atoms with Crippen LogP contribution < -0.4 is 0 Å². The van der Waals surface area contributed by atoms with E-state index in [2.05, 4.69) is 167 Å². The molecule has 6 heteroatoms. The smallest absolute Gasteiger partial charge is 0.306 e. The highest BCUT2D eigenvalue weighted by molar-refractivity contribution is 5.71. The molecule has 1 atom stereocenters. The average Bonchev–Trinajstić information content (AvgIpc) is 3.37. The van der Waals surface area contributed by atoms with E-state index in [1.165, 1.54) is 44.9 Å². The molecule has 0 aromatic carbocycles. The molecule has 0 aromatic heterocycles. The molecule has 0 unspecified atom stereocenters. The van der Waals surface area contributed by atoms with E-state index in [9.17, 15) is 14.4 Å². The fourth-order valence-corrected chi connectivity index (χ4v) is 6.89. The first-order valence-corrected chi connectivity index (χ1v) is 28.0. The molecule has 0 N–H and O–H groups in total. The molecule has 0 amide bonds. The molecule has 0 aromatic rings. The standard InChI is InChI=1S/C65H100O6/c1-4-7-10-13-16-19-22-25-28-31-32-35-37-40-43-46-49-52-55-58-64(67)70-61-62(71-65(68)59-56-53-50-47-44-41-38-34-30-27-24-21-18-15-12-9-6-3)60-69-63(66)57-54-51-48-45-42-39-36-33-29-26-23-20-17-14-11-8-5-2/h7,9-10,12,16,18-19,21,25-30,32,35-36,38-41,43,45,48-49,52,62H,4-6,8,11,13-15,17,20,22-24,31,33-34,37,42,44,46-47,50-51,53-61H2,1-3H3/b10-7-,12-9-,19-16-,21-18-,28-25-,29-26-,30-27-,35-32-,39-36-,41-38-,43-40-,48-45-,52-49-/t62-/m0/s1. The molecule has 0 bridgehead atoms. The molecule has 6 nitrogen and oxygen atoms in total. The zero-order chi connectivity index (χ0) is 51.4. The number of hydrogen-bond acceptors (Lipinski definition) is 6. The van der Waals surface area contributed by atoms with E-state index < -0.39 is 6.10 Å². The van der Waals surface area contributed by atoms with Gasteiger partial charge >= 0.3 is 17.9 Å². The first kappa shape index (κ1) is 66.0. The van der Waals surface area contributed by atoms with Gasteiger partial charge in [0.1, 0.15) is 13.2 Å². The monoisotopic (exact) mass is 977 g/mol. The number of carbonyl (C=O) groups is 3. The van der Waals surface area contributed by atoms with Crippen LogP contribution in [0, 0.1) is 0 Å². The van der Waals surface area contributed by atoms with Gasteiger partial charge in [-0.2, -0.15) is 0 Å². The molecule has 396 valence electrons. The van der Waals surface area contributed by atoms with Gasteiger partial charge in [-0.3, -0.25) is 14.4 Å². The second kappa shape index (κ2) is 57.6. The maximum Gasteiger partial charge on any atom is 0.306 e. The topological polar surface area (TPSA) is 78.9 Å². The number of unbranched alkanes of at least 4 members (excludes halogenated alkanes) is 11. The van der Waals surface area contributed by atoms with Crippen molar-refractivity contribution in [2.24, 2.45) is 0 Å². The predicted octanol–water partition coefficient (Wildman–Crippen LogP) is 19.0. The Morgan fingerprint density at radius 3 is 0.986 bits per heavy atom. The van der Waals surface area contributed by atoms with Gasteiger partial charge in [0.15, 0.2) is 6.10 Å². The van der Waals surface area contributed by atoms with Crippen LogP contribution >= 0.6 is 0 Å². The summed E-state index contributed by atoms with van der Waals surface area (Å²) >= 11 is 0. The third kappa shape index (κ3) is 55.8.